The Labute approximate surface area is 123 Å². The molecule has 0 aromatic heterocycles. The molecule has 19 heavy (non-hydrogen) atoms. The molecular formula is C14H29ClN2O2. The zero-order valence-electron chi connectivity index (χ0n) is 12.4. The fraction of sp³-hybridized carbons (Fsp3) is 0.929. The molecular weight excluding hydrogens is 264 g/mol. The van der Waals surface area contributed by atoms with E-state index in [4.69, 9.17) is 10.5 Å². The van der Waals surface area contributed by atoms with Crippen molar-refractivity contribution in [1.29, 1.82) is 0 Å². The summed E-state index contributed by atoms with van der Waals surface area (Å²) < 4.78 is 5.52. The third kappa shape index (κ3) is 7.14. The van der Waals surface area contributed by atoms with Gasteiger partial charge >= 0.3 is 0 Å². The van der Waals surface area contributed by atoms with Crippen molar-refractivity contribution >= 4 is 18.3 Å². The Morgan fingerprint density at radius 1 is 1.53 bits per heavy atom. The van der Waals surface area contributed by atoms with Crippen LogP contribution in [0.3, 0.4) is 0 Å². The summed E-state index contributed by atoms with van der Waals surface area (Å²) in [4.78, 5) is 11.9. The minimum Gasteiger partial charge on any atom is -0.378 e. The largest absolute Gasteiger partial charge is 0.378 e. The Hall–Kier alpha value is -0.320. The van der Waals surface area contributed by atoms with Gasteiger partial charge in [0.25, 0.3) is 0 Å². The zero-order valence-corrected chi connectivity index (χ0v) is 13.2. The van der Waals surface area contributed by atoms with Gasteiger partial charge in [-0.25, -0.2) is 0 Å². The molecule has 2 atom stereocenters. The van der Waals surface area contributed by atoms with Gasteiger partial charge in [-0.2, -0.15) is 0 Å². The molecule has 1 aliphatic rings. The third-order valence-corrected chi connectivity index (χ3v) is 3.47. The second kappa shape index (κ2) is 8.77. The number of halogens is 1. The molecule has 1 saturated heterocycles. The van der Waals surface area contributed by atoms with Gasteiger partial charge in [0.2, 0.25) is 5.91 Å². The van der Waals surface area contributed by atoms with Gasteiger partial charge in [-0.1, -0.05) is 13.8 Å². The van der Waals surface area contributed by atoms with Crippen molar-refractivity contribution in [3.63, 3.8) is 0 Å². The first-order valence-electron chi connectivity index (χ1n) is 7.08. The number of amides is 1. The molecule has 1 heterocycles. The minimum atomic E-state index is -0.276. The summed E-state index contributed by atoms with van der Waals surface area (Å²) in [7, 11) is 0. The first kappa shape index (κ1) is 18.7. The Bertz CT molecular complexity index is 268. The van der Waals surface area contributed by atoms with Crippen LogP contribution < -0.4 is 11.1 Å². The van der Waals surface area contributed by atoms with Gasteiger partial charge in [0, 0.05) is 25.1 Å². The highest BCUT2D eigenvalue weighted by Gasteiger charge is 2.26. The summed E-state index contributed by atoms with van der Waals surface area (Å²) in [5, 5.41) is 3.08. The van der Waals surface area contributed by atoms with E-state index in [-0.39, 0.29) is 30.0 Å². The Morgan fingerprint density at radius 2 is 2.21 bits per heavy atom. The van der Waals surface area contributed by atoms with E-state index in [9.17, 15) is 4.79 Å². The first-order valence-corrected chi connectivity index (χ1v) is 7.08. The molecule has 0 bridgehead atoms. The second-order valence-corrected chi connectivity index (χ2v) is 6.08. The van der Waals surface area contributed by atoms with E-state index in [0.717, 1.165) is 32.3 Å². The Morgan fingerprint density at radius 3 is 2.68 bits per heavy atom. The number of nitrogens with one attached hydrogen (secondary N) is 1. The zero-order chi connectivity index (χ0) is 13.6. The van der Waals surface area contributed by atoms with E-state index in [0.29, 0.717) is 18.9 Å². The highest BCUT2D eigenvalue weighted by atomic mass is 35.5. The van der Waals surface area contributed by atoms with Crippen molar-refractivity contribution in [3.05, 3.63) is 0 Å². The fourth-order valence-electron chi connectivity index (χ4n) is 2.65. The van der Waals surface area contributed by atoms with E-state index < -0.39 is 0 Å². The molecule has 114 valence electrons. The Balaban J connectivity index is 0.00000324. The van der Waals surface area contributed by atoms with Crippen molar-refractivity contribution in [2.75, 3.05) is 13.2 Å². The van der Waals surface area contributed by atoms with Crippen molar-refractivity contribution in [2.45, 2.75) is 64.5 Å². The van der Waals surface area contributed by atoms with Crippen LogP contribution in [0.15, 0.2) is 0 Å². The molecule has 1 fully saturated rings. The standard InChI is InChI=1S/C14H28N2O2.ClH/c1-11(2)9-14(3,10-15)16-13(17)7-6-12-5-4-8-18-12;/h11-12H,4-10,15H2,1-3H3,(H,16,17);1H. The van der Waals surface area contributed by atoms with Crippen LogP contribution in [0, 0.1) is 5.92 Å². The van der Waals surface area contributed by atoms with E-state index in [1.54, 1.807) is 0 Å². The summed E-state index contributed by atoms with van der Waals surface area (Å²) in [5.74, 6) is 0.621. The molecule has 1 aliphatic heterocycles. The number of ether oxygens (including phenoxy) is 1. The Kier molecular flexibility index (Phi) is 8.62. The average Bonchev–Trinajstić information content (AvgIpc) is 2.78. The lowest BCUT2D eigenvalue weighted by Crippen LogP contribution is -2.52. The summed E-state index contributed by atoms with van der Waals surface area (Å²) >= 11 is 0. The lowest BCUT2D eigenvalue weighted by atomic mass is 9.90. The predicted molar refractivity (Wildman–Crippen MR) is 80.5 cm³/mol. The molecule has 4 nitrogen and oxygen atoms in total. The number of nitrogens with two attached hydrogens (primary N) is 1. The maximum absolute atomic E-state index is 11.9. The molecule has 5 heteroatoms. The lowest BCUT2D eigenvalue weighted by Gasteiger charge is -2.31. The molecule has 0 aromatic rings. The van der Waals surface area contributed by atoms with Crippen molar-refractivity contribution < 1.29 is 9.53 Å². The molecule has 0 aromatic carbocycles. The van der Waals surface area contributed by atoms with Gasteiger partial charge in [-0.3, -0.25) is 4.79 Å². The number of hydrogen-bond donors (Lipinski definition) is 2. The number of carbonyl (C=O) groups is 1. The van der Waals surface area contributed by atoms with Gasteiger partial charge in [-0.05, 0) is 38.5 Å². The highest BCUT2D eigenvalue weighted by Crippen LogP contribution is 2.18. The first-order chi connectivity index (χ1) is 8.45. The van der Waals surface area contributed by atoms with Crippen LogP contribution in [0.4, 0.5) is 0 Å². The molecule has 2 unspecified atom stereocenters. The molecule has 1 rings (SSSR count). The topological polar surface area (TPSA) is 64.3 Å². The van der Waals surface area contributed by atoms with E-state index in [1.807, 2.05) is 6.92 Å². The van der Waals surface area contributed by atoms with Gasteiger partial charge in [-0.15, -0.1) is 12.4 Å². The van der Waals surface area contributed by atoms with Crippen LogP contribution in [-0.4, -0.2) is 30.7 Å². The minimum absolute atomic E-state index is 0. The van der Waals surface area contributed by atoms with Crippen LogP contribution in [0.2, 0.25) is 0 Å². The summed E-state index contributed by atoms with van der Waals surface area (Å²) in [6, 6.07) is 0. The van der Waals surface area contributed by atoms with Crippen LogP contribution in [0.1, 0.15) is 52.9 Å². The molecule has 0 radical (unpaired) electrons. The number of hydrogen-bond acceptors (Lipinski definition) is 3. The van der Waals surface area contributed by atoms with Crippen LogP contribution in [0.5, 0.6) is 0 Å². The van der Waals surface area contributed by atoms with Crippen LogP contribution >= 0.6 is 12.4 Å². The van der Waals surface area contributed by atoms with Gasteiger partial charge in [0.05, 0.1) is 6.10 Å². The number of rotatable bonds is 7. The molecule has 3 N–H and O–H groups in total. The molecule has 0 spiro atoms. The average molecular weight is 293 g/mol. The smallest absolute Gasteiger partial charge is 0.220 e. The van der Waals surface area contributed by atoms with Crippen molar-refractivity contribution in [1.82, 2.24) is 5.32 Å². The maximum Gasteiger partial charge on any atom is 0.220 e. The molecule has 0 aliphatic carbocycles. The van der Waals surface area contributed by atoms with Crippen LogP contribution in [0.25, 0.3) is 0 Å². The monoisotopic (exact) mass is 292 g/mol. The SMILES string of the molecule is CC(C)CC(C)(CN)NC(=O)CCC1CCCO1.Cl. The highest BCUT2D eigenvalue weighted by molar-refractivity contribution is 5.85. The van der Waals surface area contributed by atoms with E-state index in [2.05, 4.69) is 19.2 Å². The van der Waals surface area contributed by atoms with E-state index in [1.165, 1.54) is 0 Å². The van der Waals surface area contributed by atoms with Gasteiger partial charge in [0.1, 0.15) is 0 Å². The lowest BCUT2D eigenvalue weighted by molar-refractivity contribution is -0.123. The molecule has 0 saturated carbocycles. The van der Waals surface area contributed by atoms with Gasteiger partial charge in [0.15, 0.2) is 0 Å². The molecule has 1 amide bonds. The summed E-state index contributed by atoms with van der Waals surface area (Å²) in [6.45, 7) is 7.65. The fourth-order valence-corrected chi connectivity index (χ4v) is 2.65. The van der Waals surface area contributed by atoms with Crippen LogP contribution in [-0.2, 0) is 9.53 Å². The second-order valence-electron chi connectivity index (χ2n) is 6.08. The maximum atomic E-state index is 11.9. The quantitative estimate of drug-likeness (QED) is 0.756. The predicted octanol–water partition coefficient (Wildman–Crippen LogP) is 2.25. The normalized spacial score (nSPS) is 21.8. The van der Waals surface area contributed by atoms with Crippen molar-refractivity contribution in [3.8, 4) is 0 Å². The van der Waals surface area contributed by atoms with Gasteiger partial charge < -0.3 is 15.8 Å². The van der Waals surface area contributed by atoms with Crippen molar-refractivity contribution in [2.24, 2.45) is 11.7 Å². The third-order valence-electron chi connectivity index (χ3n) is 3.47. The summed E-state index contributed by atoms with van der Waals surface area (Å²) in [5.41, 5.74) is 5.51. The van der Waals surface area contributed by atoms with E-state index >= 15 is 0 Å². The summed E-state index contributed by atoms with van der Waals surface area (Å²) in [6.07, 6.45) is 4.78. The number of carbonyl (C=O) groups excluding carboxylic acids is 1.